The number of hydrogen-bond acceptors (Lipinski definition) is 15. The highest BCUT2D eigenvalue weighted by atomic mass is 31.2. The summed E-state index contributed by atoms with van der Waals surface area (Å²) < 4.78 is 68.9. The maximum absolute atomic E-state index is 13.2. The number of carbonyl (C=O) groups excluding carboxylic acids is 4. The van der Waals surface area contributed by atoms with Crippen LogP contribution in [0.4, 0.5) is 0 Å². The maximum atomic E-state index is 13.2. The summed E-state index contributed by atoms with van der Waals surface area (Å²) in [5.74, 6) is 0.198. The molecule has 19 heteroatoms. The van der Waals surface area contributed by atoms with Crippen molar-refractivity contribution in [2.75, 3.05) is 39.6 Å². The normalized spacial score (nSPS) is 14.1. The van der Waals surface area contributed by atoms with Crippen molar-refractivity contribution in [1.82, 2.24) is 0 Å². The van der Waals surface area contributed by atoms with E-state index >= 15 is 0 Å². The Morgan fingerprint density at radius 2 is 0.481 bits per heavy atom. The van der Waals surface area contributed by atoms with Crippen LogP contribution in [0.5, 0.6) is 0 Å². The van der Waals surface area contributed by atoms with Crippen molar-refractivity contribution >= 4 is 39.5 Å². The Bertz CT molecular complexity index is 2050. The van der Waals surface area contributed by atoms with E-state index in [1.807, 2.05) is 0 Å². The van der Waals surface area contributed by atoms with Gasteiger partial charge in [-0.1, -0.05) is 408 Å². The van der Waals surface area contributed by atoms with Gasteiger partial charge in [-0.25, -0.2) is 9.13 Å². The van der Waals surface area contributed by atoms with E-state index in [4.69, 9.17) is 37.0 Å². The van der Waals surface area contributed by atoms with Crippen molar-refractivity contribution in [2.45, 2.75) is 478 Å². The summed E-state index contributed by atoms with van der Waals surface area (Å²) in [6, 6.07) is 0. The molecule has 0 aliphatic heterocycles. The van der Waals surface area contributed by atoms with E-state index in [2.05, 4.69) is 48.5 Å². The van der Waals surface area contributed by atoms with Crippen molar-refractivity contribution in [1.29, 1.82) is 0 Å². The summed E-state index contributed by atoms with van der Waals surface area (Å²) in [6.45, 7) is 12.0. The van der Waals surface area contributed by atoms with Crippen molar-refractivity contribution < 1.29 is 80.2 Å². The molecule has 630 valence electrons. The van der Waals surface area contributed by atoms with E-state index < -0.39 is 97.5 Å². The van der Waals surface area contributed by atoms with Crippen LogP contribution < -0.4 is 0 Å². The van der Waals surface area contributed by atoms with Gasteiger partial charge in [0, 0.05) is 25.7 Å². The van der Waals surface area contributed by atoms with Crippen LogP contribution in [-0.4, -0.2) is 96.7 Å². The molecule has 6 atom stereocenters. The van der Waals surface area contributed by atoms with Crippen LogP contribution >= 0.6 is 15.6 Å². The molecule has 0 radical (unpaired) electrons. The first kappa shape index (κ1) is 104. The standard InChI is InChI=1S/C87H170O17P2/c1-8-10-11-12-13-14-15-16-17-18-19-20-21-22-27-30-33-36-42-47-56-63-70-86(91)103-82(74-97-84(89)68-61-54-46-41-35-32-29-26-24-23-25-28-31-34-39-44-51-58-65-78(3)4)76-101-105(93,94)99-72-81(88)73-100-106(95,96)102-77-83(75-98-85(90)69-62-55-50-49-53-60-67-80(7)9-2)104-87(92)71-64-57-48-43-38-37-40-45-52-59-66-79(5)6/h78-83,88H,8-77H2,1-7H3,(H,93,94)(H,95,96)/t80?,81-,82-,83-/m1/s1. The van der Waals surface area contributed by atoms with E-state index in [1.165, 1.54) is 263 Å². The number of aliphatic hydroxyl groups excluding tert-OH is 1. The zero-order valence-electron chi connectivity index (χ0n) is 69.9. The lowest BCUT2D eigenvalue weighted by Gasteiger charge is -2.21. The first-order valence-corrected chi connectivity index (χ1v) is 47.9. The Balaban J connectivity index is 5.20. The molecular weight excluding hydrogens is 1380 g/mol. The first-order valence-electron chi connectivity index (χ1n) is 44.9. The molecule has 0 saturated carbocycles. The highest BCUT2D eigenvalue weighted by Crippen LogP contribution is 2.45. The summed E-state index contributed by atoms with van der Waals surface area (Å²) in [6.07, 6.45) is 68.3. The summed E-state index contributed by atoms with van der Waals surface area (Å²) >= 11 is 0. The quantitative estimate of drug-likeness (QED) is 0.0222. The summed E-state index contributed by atoms with van der Waals surface area (Å²) in [5, 5.41) is 10.7. The molecular formula is C87H170O17P2. The fourth-order valence-corrected chi connectivity index (χ4v) is 15.1. The third-order valence-corrected chi connectivity index (χ3v) is 22.6. The number of esters is 4. The number of hydrogen-bond donors (Lipinski definition) is 3. The first-order chi connectivity index (χ1) is 51.3. The molecule has 0 aliphatic rings. The highest BCUT2D eigenvalue weighted by molar-refractivity contribution is 7.47. The molecule has 106 heavy (non-hydrogen) atoms. The lowest BCUT2D eigenvalue weighted by Crippen LogP contribution is -2.30. The second kappa shape index (κ2) is 77.0. The smallest absolute Gasteiger partial charge is 0.462 e. The summed E-state index contributed by atoms with van der Waals surface area (Å²) in [4.78, 5) is 73.2. The van der Waals surface area contributed by atoms with Gasteiger partial charge in [-0.3, -0.25) is 37.3 Å². The van der Waals surface area contributed by atoms with Gasteiger partial charge in [0.25, 0.3) is 0 Å². The SMILES string of the molecule is CCCCCCCCCCCCCCCCCCCCCCCCC(=O)O[C@H](COC(=O)CCCCCCCCCCCCCCCCCCCCC(C)C)COP(=O)(O)OC[C@@H](O)COP(=O)(O)OC[C@@H](COC(=O)CCCCCCCCC(C)CC)OC(=O)CCCCCCCCCCCCC(C)C. The number of ether oxygens (including phenoxy) is 4. The Kier molecular flexibility index (Phi) is 75.6. The molecule has 0 aliphatic carbocycles. The summed E-state index contributed by atoms with van der Waals surface area (Å²) in [7, 11) is -9.93. The minimum Gasteiger partial charge on any atom is -0.462 e. The van der Waals surface area contributed by atoms with Crippen LogP contribution in [0, 0.1) is 17.8 Å². The van der Waals surface area contributed by atoms with Crippen molar-refractivity contribution in [3.05, 3.63) is 0 Å². The predicted molar refractivity (Wildman–Crippen MR) is 437 cm³/mol. The molecule has 0 heterocycles. The zero-order valence-corrected chi connectivity index (χ0v) is 71.7. The topological polar surface area (TPSA) is 237 Å². The molecule has 0 bridgehead atoms. The highest BCUT2D eigenvalue weighted by Gasteiger charge is 2.31. The van der Waals surface area contributed by atoms with E-state index in [1.54, 1.807) is 0 Å². The largest absolute Gasteiger partial charge is 0.472 e. The Hall–Kier alpha value is -1.94. The molecule has 0 spiro atoms. The number of rotatable bonds is 85. The van der Waals surface area contributed by atoms with Gasteiger partial charge in [0.1, 0.15) is 19.3 Å². The van der Waals surface area contributed by atoms with Crippen LogP contribution in [0.1, 0.15) is 459 Å². The molecule has 0 amide bonds. The van der Waals surface area contributed by atoms with Gasteiger partial charge in [0.05, 0.1) is 26.4 Å². The molecule has 0 rings (SSSR count). The van der Waals surface area contributed by atoms with Crippen LogP contribution in [0.3, 0.4) is 0 Å². The van der Waals surface area contributed by atoms with E-state index in [0.717, 1.165) is 114 Å². The molecule has 0 aromatic heterocycles. The number of aliphatic hydroxyl groups is 1. The van der Waals surface area contributed by atoms with Gasteiger partial charge in [0.2, 0.25) is 0 Å². The third-order valence-electron chi connectivity index (χ3n) is 20.7. The molecule has 17 nitrogen and oxygen atoms in total. The second-order valence-electron chi connectivity index (χ2n) is 32.5. The van der Waals surface area contributed by atoms with Crippen LogP contribution in [0.15, 0.2) is 0 Å². The second-order valence-corrected chi connectivity index (χ2v) is 35.4. The van der Waals surface area contributed by atoms with Gasteiger partial charge in [-0.05, 0) is 43.4 Å². The Morgan fingerprint density at radius 3 is 0.717 bits per heavy atom. The third kappa shape index (κ3) is 78.7. The average Bonchev–Trinajstić information content (AvgIpc) is 0.901. The zero-order chi connectivity index (χ0) is 77.9. The van der Waals surface area contributed by atoms with Gasteiger partial charge in [-0.15, -0.1) is 0 Å². The Labute approximate surface area is 651 Å². The molecule has 0 aromatic carbocycles. The molecule has 0 aromatic rings. The minimum atomic E-state index is -4.97. The van der Waals surface area contributed by atoms with Crippen molar-refractivity contribution in [3.63, 3.8) is 0 Å². The van der Waals surface area contributed by atoms with Gasteiger partial charge in [0.15, 0.2) is 12.2 Å². The molecule has 3 unspecified atom stereocenters. The van der Waals surface area contributed by atoms with Crippen molar-refractivity contribution in [2.24, 2.45) is 17.8 Å². The number of unbranched alkanes of at least 4 members (excludes halogenated alkanes) is 52. The fourth-order valence-electron chi connectivity index (χ4n) is 13.5. The summed E-state index contributed by atoms with van der Waals surface area (Å²) in [5.41, 5.74) is 0. The predicted octanol–water partition coefficient (Wildman–Crippen LogP) is 26.5. The molecule has 0 fully saturated rings. The van der Waals surface area contributed by atoms with Gasteiger partial charge in [-0.2, -0.15) is 0 Å². The maximum Gasteiger partial charge on any atom is 0.472 e. The van der Waals surface area contributed by atoms with E-state index in [-0.39, 0.29) is 25.7 Å². The van der Waals surface area contributed by atoms with E-state index in [0.29, 0.717) is 25.7 Å². The van der Waals surface area contributed by atoms with Gasteiger partial charge >= 0.3 is 39.5 Å². The van der Waals surface area contributed by atoms with Crippen molar-refractivity contribution in [3.8, 4) is 0 Å². The lowest BCUT2D eigenvalue weighted by molar-refractivity contribution is -0.161. The minimum absolute atomic E-state index is 0.105. The molecule has 3 N–H and O–H groups in total. The number of carbonyl (C=O) groups is 4. The van der Waals surface area contributed by atoms with Gasteiger partial charge < -0.3 is 33.8 Å². The van der Waals surface area contributed by atoms with E-state index in [9.17, 15) is 43.2 Å². The van der Waals surface area contributed by atoms with Crippen LogP contribution in [0.2, 0.25) is 0 Å². The average molecular weight is 1550 g/mol. The van der Waals surface area contributed by atoms with Crippen LogP contribution in [-0.2, 0) is 65.4 Å². The number of phosphoric acid groups is 2. The monoisotopic (exact) mass is 1550 g/mol. The fraction of sp³-hybridized carbons (Fsp3) is 0.954. The number of phosphoric ester groups is 2. The Morgan fingerprint density at radius 1 is 0.274 bits per heavy atom. The molecule has 0 saturated heterocycles. The lowest BCUT2D eigenvalue weighted by atomic mass is 10.00. The van der Waals surface area contributed by atoms with Crippen LogP contribution in [0.25, 0.3) is 0 Å².